The molecular formula is C15H21F2N3O2. The van der Waals surface area contributed by atoms with Crippen molar-refractivity contribution in [3.63, 3.8) is 0 Å². The van der Waals surface area contributed by atoms with Gasteiger partial charge in [0.2, 0.25) is 11.8 Å². The Labute approximate surface area is 128 Å². The number of halogens is 2. The molecule has 0 fully saturated rings. The summed E-state index contributed by atoms with van der Waals surface area (Å²) in [5.74, 6) is -2.22. The van der Waals surface area contributed by atoms with Crippen molar-refractivity contribution < 1.29 is 18.4 Å². The van der Waals surface area contributed by atoms with Crippen molar-refractivity contribution in [2.24, 2.45) is 0 Å². The molecule has 0 aliphatic heterocycles. The molecule has 1 atom stereocenters. The van der Waals surface area contributed by atoms with Gasteiger partial charge in [0.25, 0.3) is 0 Å². The second-order valence-electron chi connectivity index (χ2n) is 4.83. The number of nitrogens with one attached hydrogen (secondary N) is 3. The van der Waals surface area contributed by atoms with Crippen molar-refractivity contribution in [1.29, 1.82) is 0 Å². The number of hydrogen-bond donors (Lipinski definition) is 3. The summed E-state index contributed by atoms with van der Waals surface area (Å²) in [5.41, 5.74) is 0.0819. The molecule has 0 aromatic heterocycles. The lowest BCUT2D eigenvalue weighted by Crippen LogP contribution is -2.36. The van der Waals surface area contributed by atoms with Crippen LogP contribution in [-0.4, -0.2) is 31.4 Å². The lowest BCUT2D eigenvalue weighted by atomic mass is 10.0. The molecule has 7 heteroatoms. The molecule has 0 saturated heterocycles. The molecule has 1 unspecified atom stereocenters. The molecule has 0 radical (unpaired) electrons. The van der Waals surface area contributed by atoms with Crippen molar-refractivity contribution in [1.82, 2.24) is 16.0 Å². The highest BCUT2D eigenvalue weighted by molar-refractivity contribution is 5.79. The average Bonchev–Trinajstić information content (AvgIpc) is 2.42. The molecule has 0 aliphatic carbocycles. The fraction of sp³-hybridized carbons (Fsp3) is 0.467. The van der Waals surface area contributed by atoms with Crippen LogP contribution in [0.3, 0.4) is 0 Å². The molecule has 0 heterocycles. The predicted molar refractivity (Wildman–Crippen MR) is 79.1 cm³/mol. The first-order valence-electron chi connectivity index (χ1n) is 7.13. The largest absolute Gasteiger partial charge is 0.355 e. The van der Waals surface area contributed by atoms with Gasteiger partial charge in [0.1, 0.15) is 11.6 Å². The van der Waals surface area contributed by atoms with Crippen LogP contribution in [0.5, 0.6) is 0 Å². The fourth-order valence-electron chi connectivity index (χ4n) is 1.99. The SMILES string of the molecule is CCNCCNC(=O)CC(NC(C)=O)c1ccc(F)cc1F. The summed E-state index contributed by atoms with van der Waals surface area (Å²) in [5, 5.41) is 8.23. The summed E-state index contributed by atoms with van der Waals surface area (Å²) in [6, 6.07) is 2.22. The van der Waals surface area contributed by atoms with Gasteiger partial charge in [-0.1, -0.05) is 13.0 Å². The number of carbonyl (C=O) groups excluding carboxylic acids is 2. The molecule has 1 aromatic rings. The summed E-state index contributed by atoms with van der Waals surface area (Å²) < 4.78 is 26.8. The van der Waals surface area contributed by atoms with Gasteiger partial charge >= 0.3 is 0 Å². The quantitative estimate of drug-likeness (QED) is 0.633. The van der Waals surface area contributed by atoms with E-state index in [1.165, 1.54) is 13.0 Å². The summed E-state index contributed by atoms with van der Waals surface area (Å²) in [6.45, 7) is 5.08. The molecule has 0 spiro atoms. The van der Waals surface area contributed by atoms with Gasteiger partial charge in [0.15, 0.2) is 0 Å². The van der Waals surface area contributed by atoms with E-state index in [4.69, 9.17) is 0 Å². The van der Waals surface area contributed by atoms with E-state index < -0.39 is 23.6 Å². The zero-order valence-electron chi connectivity index (χ0n) is 12.7. The minimum Gasteiger partial charge on any atom is -0.355 e. The van der Waals surface area contributed by atoms with E-state index in [-0.39, 0.29) is 17.9 Å². The molecule has 0 bridgehead atoms. The zero-order chi connectivity index (χ0) is 16.5. The highest BCUT2D eigenvalue weighted by Gasteiger charge is 2.20. The van der Waals surface area contributed by atoms with Crippen LogP contribution in [0, 0.1) is 11.6 Å². The van der Waals surface area contributed by atoms with Gasteiger partial charge in [-0.05, 0) is 12.6 Å². The van der Waals surface area contributed by atoms with Gasteiger partial charge in [-0.15, -0.1) is 0 Å². The Morgan fingerprint density at radius 3 is 2.55 bits per heavy atom. The normalized spacial score (nSPS) is 11.8. The summed E-state index contributed by atoms with van der Waals surface area (Å²) in [6.07, 6.45) is -0.117. The molecule has 5 nitrogen and oxygen atoms in total. The Morgan fingerprint density at radius 1 is 1.23 bits per heavy atom. The number of rotatable bonds is 8. The summed E-state index contributed by atoms with van der Waals surface area (Å²) in [4.78, 5) is 23.1. The zero-order valence-corrected chi connectivity index (χ0v) is 12.7. The van der Waals surface area contributed by atoms with E-state index in [9.17, 15) is 18.4 Å². The fourth-order valence-corrected chi connectivity index (χ4v) is 1.99. The molecular weight excluding hydrogens is 292 g/mol. The van der Waals surface area contributed by atoms with E-state index in [2.05, 4.69) is 16.0 Å². The Hall–Kier alpha value is -2.02. The smallest absolute Gasteiger partial charge is 0.222 e. The lowest BCUT2D eigenvalue weighted by Gasteiger charge is -2.18. The summed E-state index contributed by atoms with van der Waals surface area (Å²) >= 11 is 0. The van der Waals surface area contributed by atoms with Crippen LogP contribution >= 0.6 is 0 Å². The molecule has 1 aromatic carbocycles. The van der Waals surface area contributed by atoms with Crippen LogP contribution in [0.25, 0.3) is 0 Å². The van der Waals surface area contributed by atoms with Crippen molar-refractivity contribution >= 4 is 11.8 Å². The van der Waals surface area contributed by atoms with Gasteiger partial charge in [-0.3, -0.25) is 9.59 Å². The molecule has 2 amide bonds. The molecule has 22 heavy (non-hydrogen) atoms. The predicted octanol–water partition coefficient (Wildman–Crippen LogP) is 1.26. The average molecular weight is 313 g/mol. The maximum absolute atomic E-state index is 13.8. The van der Waals surface area contributed by atoms with Crippen LogP contribution in [0.2, 0.25) is 0 Å². The first kappa shape index (κ1) is 18.0. The van der Waals surface area contributed by atoms with E-state index in [0.29, 0.717) is 13.1 Å². The van der Waals surface area contributed by atoms with Gasteiger partial charge in [0, 0.05) is 31.6 Å². The highest BCUT2D eigenvalue weighted by Crippen LogP contribution is 2.21. The van der Waals surface area contributed by atoms with E-state index >= 15 is 0 Å². The van der Waals surface area contributed by atoms with Gasteiger partial charge in [-0.2, -0.15) is 0 Å². The number of likely N-dealkylation sites (N-methyl/N-ethyl adjacent to an activating group) is 1. The standard InChI is InChI=1S/C15H21F2N3O2/c1-3-18-6-7-19-15(22)9-14(20-10(2)21)12-5-4-11(16)8-13(12)17/h4-5,8,14,18H,3,6-7,9H2,1-2H3,(H,19,22)(H,20,21). The van der Waals surface area contributed by atoms with Crippen molar-refractivity contribution in [2.75, 3.05) is 19.6 Å². The van der Waals surface area contributed by atoms with Crippen LogP contribution in [0.15, 0.2) is 18.2 Å². The maximum Gasteiger partial charge on any atom is 0.222 e. The third kappa shape index (κ3) is 6.17. The maximum atomic E-state index is 13.8. The third-order valence-electron chi connectivity index (χ3n) is 2.98. The first-order valence-corrected chi connectivity index (χ1v) is 7.13. The van der Waals surface area contributed by atoms with Gasteiger partial charge in [-0.25, -0.2) is 8.78 Å². The van der Waals surface area contributed by atoms with Crippen LogP contribution in [0.4, 0.5) is 8.78 Å². The molecule has 0 aliphatic rings. The third-order valence-corrected chi connectivity index (χ3v) is 2.98. The second kappa shape index (κ2) is 9.09. The topological polar surface area (TPSA) is 70.2 Å². The number of amides is 2. The molecule has 122 valence electrons. The number of carbonyl (C=O) groups is 2. The van der Waals surface area contributed by atoms with Crippen molar-refractivity contribution in [3.05, 3.63) is 35.4 Å². The van der Waals surface area contributed by atoms with E-state index in [1.54, 1.807) is 0 Å². The minimum atomic E-state index is -0.836. The van der Waals surface area contributed by atoms with Crippen molar-refractivity contribution in [2.45, 2.75) is 26.3 Å². The van der Waals surface area contributed by atoms with Crippen LogP contribution in [-0.2, 0) is 9.59 Å². The second-order valence-corrected chi connectivity index (χ2v) is 4.83. The Balaban J connectivity index is 2.72. The first-order chi connectivity index (χ1) is 10.4. The minimum absolute atomic E-state index is 0.0819. The lowest BCUT2D eigenvalue weighted by molar-refractivity contribution is -0.122. The Kier molecular flexibility index (Phi) is 7.45. The Morgan fingerprint density at radius 2 is 1.95 bits per heavy atom. The Bertz CT molecular complexity index is 524. The molecule has 3 N–H and O–H groups in total. The highest BCUT2D eigenvalue weighted by atomic mass is 19.1. The number of benzene rings is 1. The van der Waals surface area contributed by atoms with Crippen molar-refractivity contribution in [3.8, 4) is 0 Å². The number of hydrogen-bond acceptors (Lipinski definition) is 3. The van der Waals surface area contributed by atoms with E-state index in [1.807, 2.05) is 6.92 Å². The van der Waals surface area contributed by atoms with Crippen LogP contribution in [0.1, 0.15) is 31.9 Å². The molecule has 1 rings (SSSR count). The van der Waals surface area contributed by atoms with Gasteiger partial charge in [0.05, 0.1) is 12.5 Å². The molecule has 0 saturated carbocycles. The van der Waals surface area contributed by atoms with E-state index in [0.717, 1.165) is 18.7 Å². The monoisotopic (exact) mass is 313 g/mol. The van der Waals surface area contributed by atoms with Gasteiger partial charge < -0.3 is 16.0 Å². The van der Waals surface area contributed by atoms with Crippen LogP contribution < -0.4 is 16.0 Å². The summed E-state index contributed by atoms with van der Waals surface area (Å²) in [7, 11) is 0.